The average molecular weight is 278 g/mol. The van der Waals surface area contributed by atoms with Gasteiger partial charge in [-0.25, -0.2) is 0 Å². The minimum absolute atomic E-state index is 0.110. The Hall–Kier alpha value is -1.28. The molecule has 102 valence electrons. The van der Waals surface area contributed by atoms with Crippen molar-refractivity contribution in [1.29, 1.82) is 0 Å². The zero-order valence-electron chi connectivity index (χ0n) is 11.2. The number of hydrogen-bond acceptors (Lipinski definition) is 1. The summed E-state index contributed by atoms with van der Waals surface area (Å²) in [7, 11) is 0. The summed E-state index contributed by atoms with van der Waals surface area (Å²) in [6.45, 7) is 2.03. The molecule has 0 heterocycles. The van der Waals surface area contributed by atoms with E-state index in [-0.39, 0.29) is 17.9 Å². The van der Waals surface area contributed by atoms with Gasteiger partial charge in [-0.3, -0.25) is 4.79 Å². The number of nitrogens with one attached hydrogen (secondary N) is 1. The fraction of sp³-hybridized carbons (Fsp3) is 0.438. The summed E-state index contributed by atoms with van der Waals surface area (Å²) in [5, 5.41) is 3.86. The molecule has 0 fully saturated rings. The largest absolute Gasteiger partial charge is 0.353 e. The van der Waals surface area contributed by atoms with E-state index in [1.54, 1.807) is 0 Å². The van der Waals surface area contributed by atoms with E-state index in [0.717, 1.165) is 36.3 Å². The second kappa shape index (κ2) is 6.76. The summed E-state index contributed by atoms with van der Waals surface area (Å²) < 4.78 is 0. The number of benzene rings is 1. The third-order valence-electron chi connectivity index (χ3n) is 3.51. The maximum absolute atomic E-state index is 12.1. The molecule has 1 aliphatic carbocycles. The highest BCUT2D eigenvalue weighted by Crippen LogP contribution is 2.19. The van der Waals surface area contributed by atoms with Crippen LogP contribution in [0.5, 0.6) is 0 Å². The summed E-state index contributed by atoms with van der Waals surface area (Å²) in [6, 6.07) is 7.90. The van der Waals surface area contributed by atoms with Gasteiger partial charge < -0.3 is 5.32 Å². The van der Waals surface area contributed by atoms with Crippen molar-refractivity contribution in [1.82, 2.24) is 5.32 Å². The van der Waals surface area contributed by atoms with Crippen LogP contribution >= 0.6 is 11.6 Å². The average Bonchev–Trinajstić information content (AvgIpc) is 2.42. The van der Waals surface area contributed by atoms with Gasteiger partial charge in [0.2, 0.25) is 5.91 Å². The normalized spacial score (nSPS) is 20.0. The van der Waals surface area contributed by atoms with Gasteiger partial charge in [0.25, 0.3) is 0 Å². The Balaban J connectivity index is 1.87. The quantitative estimate of drug-likeness (QED) is 0.835. The first-order valence-corrected chi connectivity index (χ1v) is 7.23. The Bertz CT molecular complexity index is 470. The molecule has 3 heteroatoms. The fourth-order valence-electron chi connectivity index (χ4n) is 2.44. The van der Waals surface area contributed by atoms with Crippen LogP contribution in [0.2, 0.25) is 5.02 Å². The van der Waals surface area contributed by atoms with E-state index in [9.17, 15) is 4.79 Å². The molecular formula is C16H20ClNO. The van der Waals surface area contributed by atoms with Crippen LogP contribution in [-0.2, 0) is 11.2 Å². The van der Waals surface area contributed by atoms with Crippen molar-refractivity contribution < 1.29 is 4.79 Å². The fourth-order valence-corrected chi connectivity index (χ4v) is 2.65. The zero-order valence-corrected chi connectivity index (χ0v) is 12.0. The monoisotopic (exact) mass is 277 g/mol. The number of hydrogen-bond donors (Lipinski definition) is 1. The minimum atomic E-state index is 0.110. The maximum Gasteiger partial charge on any atom is 0.223 e. The van der Waals surface area contributed by atoms with Crippen LogP contribution in [0.3, 0.4) is 0 Å². The smallest absolute Gasteiger partial charge is 0.223 e. The molecule has 0 radical (unpaired) electrons. The molecule has 1 aliphatic rings. The molecule has 19 heavy (non-hydrogen) atoms. The van der Waals surface area contributed by atoms with E-state index in [1.807, 2.05) is 31.2 Å². The van der Waals surface area contributed by atoms with Crippen molar-refractivity contribution >= 4 is 17.5 Å². The lowest BCUT2D eigenvalue weighted by molar-refractivity contribution is -0.125. The van der Waals surface area contributed by atoms with Gasteiger partial charge in [0, 0.05) is 17.0 Å². The first-order valence-electron chi connectivity index (χ1n) is 6.85. The summed E-state index contributed by atoms with van der Waals surface area (Å²) in [5.74, 6) is 0.308. The van der Waals surface area contributed by atoms with Gasteiger partial charge in [-0.1, -0.05) is 42.0 Å². The molecular weight excluding hydrogens is 258 g/mol. The van der Waals surface area contributed by atoms with Gasteiger partial charge in [0.15, 0.2) is 0 Å². The lowest BCUT2D eigenvalue weighted by atomic mass is 9.93. The standard InChI is InChI=1S/C16H20ClNO/c1-12(11-14-9-5-6-10-15(14)17)18-16(19)13-7-3-2-4-8-13/h2-3,5-6,9-10,12-13H,4,7-8,11H2,1H3,(H,18,19)/t12-,13+/m0/s1. The van der Waals surface area contributed by atoms with E-state index in [0.29, 0.717) is 0 Å². The van der Waals surface area contributed by atoms with E-state index in [1.165, 1.54) is 0 Å². The molecule has 0 bridgehead atoms. The Kier molecular flexibility index (Phi) is 5.03. The molecule has 0 spiro atoms. The Morgan fingerprint density at radius 2 is 2.21 bits per heavy atom. The van der Waals surface area contributed by atoms with Crippen molar-refractivity contribution in [3.63, 3.8) is 0 Å². The van der Waals surface area contributed by atoms with Crippen molar-refractivity contribution in [3.8, 4) is 0 Å². The highest BCUT2D eigenvalue weighted by Gasteiger charge is 2.20. The second-order valence-corrected chi connectivity index (χ2v) is 5.59. The highest BCUT2D eigenvalue weighted by atomic mass is 35.5. The Morgan fingerprint density at radius 3 is 2.89 bits per heavy atom. The molecule has 1 aromatic rings. The number of carbonyl (C=O) groups excluding carboxylic acids is 1. The Morgan fingerprint density at radius 1 is 1.42 bits per heavy atom. The molecule has 1 N–H and O–H groups in total. The topological polar surface area (TPSA) is 29.1 Å². The van der Waals surface area contributed by atoms with Crippen LogP contribution < -0.4 is 5.32 Å². The van der Waals surface area contributed by atoms with E-state index < -0.39 is 0 Å². The van der Waals surface area contributed by atoms with Crippen molar-refractivity contribution in [3.05, 3.63) is 47.0 Å². The number of carbonyl (C=O) groups is 1. The highest BCUT2D eigenvalue weighted by molar-refractivity contribution is 6.31. The summed E-state index contributed by atoms with van der Waals surface area (Å²) >= 11 is 6.13. The second-order valence-electron chi connectivity index (χ2n) is 5.19. The van der Waals surface area contributed by atoms with Crippen LogP contribution in [-0.4, -0.2) is 11.9 Å². The predicted molar refractivity (Wildman–Crippen MR) is 79.2 cm³/mol. The minimum Gasteiger partial charge on any atom is -0.353 e. The van der Waals surface area contributed by atoms with Gasteiger partial charge in [-0.15, -0.1) is 0 Å². The SMILES string of the molecule is C[C@@H](Cc1ccccc1Cl)NC(=O)[C@@H]1CC=CCC1. The van der Waals surface area contributed by atoms with Crippen LogP contribution in [0.1, 0.15) is 31.7 Å². The molecule has 1 amide bonds. The molecule has 0 saturated heterocycles. The number of allylic oxidation sites excluding steroid dienone is 2. The molecule has 0 unspecified atom stereocenters. The van der Waals surface area contributed by atoms with Gasteiger partial charge in [0.1, 0.15) is 0 Å². The van der Waals surface area contributed by atoms with Crippen LogP contribution in [0.4, 0.5) is 0 Å². The lowest BCUT2D eigenvalue weighted by Gasteiger charge is -2.21. The predicted octanol–water partition coefficient (Wildman–Crippen LogP) is 3.74. The van der Waals surface area contributed by atoms with Gasteiger partial charge in [0.05, 0.1) is 0 Å². The molecule has 2 atom stereocenters. The lowest BCUT2D eigenvalue weighted by Crippen LogP contribution is -2.38. The molecule has 0 saturated carbocycles. The van der Waals surface area contributed by atoms with Gasteiger partial charge in [-0.2, -0.15) is 0 Å². The number of halogens is 1. The summed E-state index contributed by atoms with van der Waals surface area (Å²) in [4.78, 5) is 12.1. The van der Waals surface area contributed by atoms with E-state index in [2.05, 4.69) is 17.5 Å². The van der Waals surface area contributed by atoms with Gasteiger partial charge in [-0.05, 0) is 44.2 Å². The van der Waals surface area contributed by atoms with Crippen LogP contribution in [0.25, 0.3) is 0 Å². The molecule has 0 aliphatic heterocycles. The van der Waals surface area contributed by atoms with Gasteiger partial charge >= 0.3 is 0 Å². The Labute approximate surface area is 119 Å². The molecule has 0 aromatic heterocycles. The molecule has 2 rings (SSSR count). The first-order chi connectivity index (χ1) is 9.16. The van der Waals surface area contributed by atoms with Crippen LogP contribution in [0.15, 0.2) is 36.4 Å². The third kappa shape index (κ3) is 4.10. The van der Waals surface area contributed by atoms with Crippen molar-refractivity contribution in [2.75, 3.05) is 0 Å². The van der Waals surface area contributed by atoms with Crippen molar-refractivity contribution in [2.24, 2.45) is 5.92 Å². The first kappa shape index (κ1) is 14.1. The molecule has 2 nitrogen and oxygen atoms in total. The third-order valence-corrected chi connectivity index (χ3v) is 3.88. The van der Waals surface area contributed by atoms with E-state index in [4.69, 9.17) is 11.6 Å². The summed E-state index contributed by atoms with van der Waals surface area (Å²) in [6.07, 6.45) is 7.86. The number of rotatable bonds is 4. The maximum atomic E-state index is 12.1. The molecule has 1 aromatic carbocycles. The zero-order chi connectivity index (χ0) is 13.7. The van der Waals surface area contributed by atoms with Crippen molar-refractivity contribution in [2.45, 2.75) is 38.6 Å². The number of amides is 1. The van der Waals surface area contributed by atoms with E-state index >= 15 is 0 Å². The summed E-state index contributed by atoms with van der Waals surface area (Å²) in [5.41, 5.74) is 1.08. The van der Waals surface area contributed by atoms with Crippen LogP contribution in [0, 0.1) is 5.92 Å².